The lowest BCUT2D eigenvalue weighted by molar-refractivity contribution is 1.51. The Hall–Kier alpha value is -0.810. The van der Waals surface area contributed by atoms with Gasteiger partial charge in [0, 0.05) is 5.56 Å². The Labute approximate surface area is 73.2 Å². The van der Waals surface area contributed by atoms with E-state index in [1.54, 1.807) is 0 Å². The molecular formula is C10H12NP. The van der Waals surface area contributed by atoms with Crippen LogP contribution in [0, 0.1) is 0 Å². The van der Waals surface area contributed by atoms with Crippen LogP contribution in [-0.4, -0.2) is 13.3 Å². The van der Waals surface area contributed by atoms with Crippen molar-refractivity contribution in [3.8, 4) is 0 Å². The van der Waals surface area contributed by atoms with E-state index in [0.717, 1.165) is 5.69 Å². The second kappa shape index (κ2) is 2.60. The minimum atomic E-state index is -1.12. The van der Waals surface area contributed by atoms with Crippen LogP contribution in [0.15, 0.2) is 34.8 Å². The molecule has 1 nitrogen and oxygen atoms in total. The molecule has 12 heavy (non-hydrogen) atoms. The Bertz CT molecular complexity index is 385. The average Bonchev–Trinajstić information content (AvgIpc) is 2.02. The lowest BCUT2D eigenvalue weighted by atomic mass is 10.2. The van der Waals surface area contributed by atoms with Gasteiger partial charge in [0.25, 0.3) is 0 Å². The molecule has 62 valence electrons. The van der Waals surface area contributed by atoms with Gasteiger partial charge >= 0.3 is 0 Å². The predicted molar refractivity (Wildman–Crippen MR) is 56.3 cm³/mol. The quantitative estimate of drug-likeness (QED) is 0.535. The van der Waals surface area contributed by atoms with E-state index in [0.29, 0.717) is 0 Å². The molecule has 0 saturated carbocycles. The Morgan fingerprint density at radius 1 is 1.17 bits per heavy atom. The summed E-state index contributed by atoms with van der Waals surface area (Å²) in [6, 6.07) is 8.28. The Balaban J connectivity index is 2.65. The first-order chi connectivity index (χ1) is 5.67. The van der Waals surface area contributed by atoms with Crippen molar-refractivity contribution in [3.63, 3.8) is 0 Å². The molecule has 1 aromatic carbocycles. The average molecular weight is 177 g/mol. The van der Waals surface area contributed by atoms with Gasteiger partial charge in [0.2, 0.25) is 0 Å². The number of hydrogen-bond donors (Lipinski definition) is 0. The van der Waals surface area contributed by atoms with E-state index in [9.17, 15) is 0 Å². The smallest absolute Gasteiger partial charge is 0.0689 e. The maximum absolute atomic E-state index is 4.70. The van der Waals surface area contributed by atoms with Crippen LogP contribution in [0.3, 0.4) is 0 Å². The highest BCUT2D eigenvalue weighted by Gasteiger charge is 2.07. The highest BCUT2D eigenvalue weighted by molar-refractivity contribution is 7.68. The summed E-state index contributed by atoms with van der Waals surface area (Å²) in [6.45, 7) is 4.44. The SMILES string of the molecule is CP1(C)=Nc2ccccc2C=C1. The number of benzene rings is 1. The van der Waals surface area contributed by atoms with Crippen LogP contribution in [-0.2, 0) is 0 Å². The van der Waals surface area contributed by atoms with Crippen LogP contribution in [0.2, 0.25) is 0 Å². The van der Waals surface area contributed by atoms with Crippen molar-refractivity contribution in [1.29, 1.82) is 0 Å². The molecule has 0 aromatic heterocycles. The van der Waals surface area contributed by atoms with E-state index in [1.807, 2.05) is 6.07 Å². The Morgan fingerprint density at radius 2 is 1.92 bits per heavy atom. The van der Waals surface area contributed by atoms with Crippen LogP contribution in [0.4, 0.5) is 5.69 Å². The second-order valence-corrected chi connectivity index (χ2v) is 6.91. The van der Waals surface area contributed by atoms with E-state index >= 15 is 0 Å². The molecule has 1 aliphatic heterocycles. The second-order valence-electron chi connectivity index (χ2n) is 3.45. The van der Waals surface area contributed by atoms with E-state index in [1.165, 1.54) is 5.56 Å². The first-order valence-corrected chi connectivity index (χ1v) is 6.73. The molecule has 0 aliphatic carbocycles. The summed E-state index contributed by atoms with van der Waals surface area (Å²) >= 11 is 0. The lowest BCUT2D eigenvalue weighted by Crippen LogP contribution is -1.80. The molecule has 1 aliphatic rings. The monoisotopic (exact) mass is 177 g/mol. The Kier molecular flexibility index (Phi) is 1.69. The van der Waals surface area contributed by atoms with Crippen molar-refractivity contribution in [2.75, 3.05) is 13.3 Å². The number of fused-ring (bicyclic) bond motifs is 1. The van der Waals surface area contributed by atoms with Crippen molar-refractivity contribution in [3.05, 3.63) is 35.6 Å². The molecule has 0 unspecified atom stereocenters. The van der Waals surface area contributed by atoms with Gasteiger partial charge in [0.15, 0.2) is 0 Å². The van der Waals surface area contributed by atoms with Crippen LogP contribution in [0.25, 0.3) is 6.08 Å². The fraction of sp³-hybridized carbons (Fsp3) is 0.200. The lowest BCUT2D eigenvalue weighted by Gasteiger charge is -2.14. The summed E-state index contributed by atoms with van der Waals surface area (Å²) in [6.07, 6.45) is 2.19. The third kappa shape index (κ3) is 1.37. The maximum Gasteiger partial charge on any atom is 0.0689 e. The summed E-state index contributed by atoms with van der Waals surface area (Å²) in [7, 11) is -1.12. The van der Waals surface area contributed by atoms with Gasteiger partial charge in [-0.1, -0.05) is 24.3 Å². The zero-order chi connectivity index (χ0) is 8.60. The van der Waals surface area contributed by atoms with Crippen LogP contribution < -0.4 is 0 Å². The van der Waals surface area contributed by atoms with Crippen molar-refractivity contribution < 1.29 is 0 Å². The van der Waals surface area contributed by atoms with Gasteiger partial charge in [-0.3, -0.25) is 4.74 Å². The molecular weight excluding hydrogens is 165 g/mol. The fourth-order valence-electron chi connectivity index (χ4n) is 1.29. The number of hydrogen-bond acceptors (Lipinski definition) is 1. The molecule has 1 heterocycles. The minimum Gasteiger partial charge on any atom is -0.263 e. The van der Waals surface area contributed by atoms with E-state index < -0.39 is 7.05 Å². The molecule has 1 aromatic rings. The Morgan fingerprint density at radius 3 is 2.75 bits per heavy atom. The van der Waals surface area contributed by atoms with Gasteiger partial charge in [0.05, 0.1) is 5.69 Å². The highest BCUT2D eigenvalue weighted by atomic mass is 31.2. The van der Waals surface area contributed by atoms with Gasteiger partial charge in [0.1, 0.15) is 0 Å². The summed E-state index contributed by atoms with van der Waals surface area (Å²) < 4.78 is 4.70. The molecule has 0 bridgehead atoms. The van der Waals surface area contributed by atoms with Gasteiger partial charge in [-0.15, -0.1) is 0 Å². The molecule has 0 radical (unpaired) electrons. The van der Waals surface area contributed by atoms with Crippen molar-refractivity contribution >= 4 is 18.8 Å². The third-order valence-corrected chi connectivity index (χ3v) is 3.53. The van der Waals surface area contributed by atoms with Crippen LogP contribution in [0.1, 0.15) is 5.56 Å². The highest BCUT2D eigenvalue weighted by Crippen LogP contribution is 2.50. The first-order valence-electron chi connectivity index (χ1n) is 4.03. The molecule has 0 N–H and O–H groups in total. The summed E-state index contributed by atoms with van der Waals surface area (Å²) in [5, 5.41) is 0. The largest absolute Gasteiger partial charge is 0.263 e. The topological polar surface area (TPSA) is 12.4 Å². The molecule has 0 saturated heterocycles. The molecule has 0 spiro atoms. The zero-order valence-electron chi connectivity index (χ0n) is 7.36. The normalized spacial score (nSPS) is 18.2. The molecule has 0 atom stereocenters. The predicted octanol–water partition coefficient (Wildman–Crippen LogP) is 3.76. The standard InChI is InChI=1S/C10H12NP/c1-12(2)8-7-9-5-3-4-6-10(9)11-12/h3-8H,1-2H3. The van der Waals surface area contributed by atoms with Crippen molar-refractivity contribution in [1.82, 2.24) is 0 Å². The van der Waals surface area contributed by atoms with E-state index in [4.69, 9.17) is 4.74 Å². The molecule has 0 fully saturated rings. The van der Waals surface area contributed by atoms with Crippen LogP contribution >= 0.6 is 7.05 Å². The van der Waals surface area contributed by atoms with E-state index in [-0.39, 0.29) is 0 Å². The van der Waals surface area contributed by atoms with Crippen LogP contribution in [0.5, 0.6) is 0 Å². The molecule has 2 rings (SSSR count). The summed E-state index contributed by atoms with van der Waals surface area (Å²) in [5.74, 6) is 2.25. The molecule has 0 amide bonds. The zero-order valence-corrected chi connectivity index (χ0v) is 8.25. The summed E-state index contributed by atoms with van der Waals surface area (Å²) in [4.78, 5) is 0. The fourth-order valence-corrected chi connectivity index (χ4v) is 2.62. The van der Waals surface area contributed by atoms with Crippen molar-refractivity contribution in [2.45, 2.75) is 0 Å². The molecule has 2 heteroatoms. The van der Waals surface area contributed by atoms with Gasteiger partial charge in [-0.05, 0) is 32.3 Å². The van der Waals surface area contributed by atoms with Gasteiger partial charge in [-0.2, -0.15) is 0 Å². The van der Waals surface area contributed by atoms with Crippen molar-refractivity contribution in [2.24, 2.45) is 4.74 Å². The van der Waals surface area contributed by atoms with E-state index in [2.05, 4.69) is 43.4 Å². The number of rotatable bonds is 0. The maximum atomic E-state index is 4.70. The first kappa shape index (κ1) is 7.82. The minimum absolute atomic E-state index is 1.12. The third-order valence-electron chi connectivity index (χ3n) is 1.92. The van der Waals surface area contributed by atoms with Gasteiger partial charge < -0.3 is 0 Å². The number of nitrogens with zero attached hydrogens (tertiary/aromatic N) is 1. The van der Waals surface area contributed by atoms with Gasteiger partial charge in [-0.25, -0.2) is 0 Å². The summed E-state index contributed by atoms with van der Waals surface area (Å²) in [5.41, 5.74) is 2.40.